The maximum absolute atomic E-state index is 2.35. The molecule has 3 heteroatoms. The van der Waals surface area contributed by atoms with Gasteiger partial charge in [0, 0.05) is 39.1 Å². The fourth-order valence-corrected chi connectivity index (χ4v) is 1.58. The van der Waals surface area contributed by atoms with Gasteiger partial charge in [0.15, 0.2) is 0 Å². The topological polar surface area (TPSA) is 6.48 Å². The van der Waals surface area contributed by atoms with Crippen molar-refractivity contribution in [1.29, 1.82) is 0 Å². The van der Waals surface area contributed by atoms with E-state index in [1.165, 1.54) is 5.70 Å². The molecule has 1 heterocycles. The Morgan fingerprint density at radius 3 is 2.27 bits per heavy atom. The molecule has 1 aliphatic heterocycles. The highest BCUT2D eigenvalue weighted by molar-refractivity contribution is 5.85. The fraction of sp³-hybridized carbons (Fsp3) is 0.667. The summed E-state index contributed by atoms with van der Waals surface area (Å²) < 4.78 is 0. The number of hydrogen-bond donors (Lipinski definition) is 0. The van der Waals surface area contributed by atoms with Gasteiger partial charge in [0.1, 0.15) is 0 Å². The van der Waals surface area contributed by atoms with Crippen molar-refractivity contribution < 1.29 is 0 Å². The molecule has 1 rings (SSSR count). The molecule has 0 amide bonds. The SMILES string of the molecule is CN(C)C1=CCN(CC(C)(C)C)C=C1.Cl. The second-order valence-corrected chi connectivity index (χ2v) is 5.33. The maximum atomic E-state index is 2.35. The lowest BCUT2D eigenvalue weighted by molar-refractivity contribution is 0.264. The summed E-state index contributed by atoms with van der Waals surface area (Å²) >= 11 is 0. The van der Waals surface area contributed by atoms with Crippen molar-refractivity contribution in [1.82, 2.24) is 9.80 Å². The maximum Gasteiger partial charge on any atom is 0.0377 e. The van der Waals surface area contributed by atoms with Crippen molar-refractivity contribution in [2.45, 2.75) is 20.8 Å². The van der Waals surface area contributed by atoms with Crippen LogP contribution in [0.4, 0.5) is 0 Å². The Morgan fingerprint density at radius 1 is 1.33 bits per heavy atom. The van der Waals surface area contributed by atoms with Crippen molar-refractivity contribution in [2.24, 2.45) is 5.41 Å². The summed E-state index contributed by atoms with van der Waals surface area (Å²) in [6, 6.07) is 0. The third-order valence-electron chi connectivity index (χ3n) is 2.18. The van der Waals surface area contributed by atoms with Crippen LogP contribution in [0.15, 0.2) is 24.0 Å². The largest absolute Gasteiger partial charge is 0.378 e. The van der Waals surface area contributed by atoms with Crippen molar-refractivity contribution in [3.63, 3.8) is 0 Å². The van der Waals surface area contributed by atoms with E-state index in [9.17, 15) is 0 Å². The first-order chi connectivity index (χ1) is 6.38. The number of nitrogens with zero attached hydrogens (tertiary/aromatic N) is 2. The van der Waals surface area contributed by atoms with Gasteiger partial charge in [-0.25, -0.2) is 0 Å². The van der Waals surface area contributed by atoms with Crippen molar-refractivity contribution in [2.75, 3.05) is 27.2 Å². The Kier molecular flexibility index (Phi) is 5.22. The molecule has 0 aromatic heterocycles. The highest BCUT2D eigenvalue weighted by Crippen LogP contribution is 2.18. The highest BCUT2D eigenvalue weighted by atomic mass is 35.5. The third-order valence-corrected chi connectivity index (χ3v) is 2.18. The van der Waals surface area contributed by atoms with Gasteiger partial charge in [-0.2, -0.15) is 0 Å². The van der Waals surface area contributed by atoms with E-state index in [4.69, 9.17) is 0 Å². The second-order valence-electron chi connectivity index (χ2n) is 5.33. The van der Waals surface area contributed by atoms with Gasteiger partial charge < -0.3 is 9.80 Å². The van der Waals surface area contributed by atoms with Gasteiger partial charge in [0.25, 0.3) is 0 Å². The lowest BCUT2D eigenvalue weighted by atomic mass is 9.96. The summed E-state index contributed by atoms with van der Waals surface area (Å²) in [5.74, 6) is 0. The van der Waals surface area contributed by atoms with Crippen LogP contribution in [-0.4, -0.2) is 37.0 Å². The molecule has 88 valence electrons. The van der Waals surface area contributed by atoms with Crippen molar-refractivity contribution in [3.05, 3.63) is 24.0 Å². The molecular formula is C12H23ClN2. The van der Waals surface area contributed by atoms with Gasteiger partial charge in [-0.1, -0.05) is 20.8 Å². The first-order valence-electron chi connectivity index (χ1n) is 5.18. The van der Waals surface area contributed by atoms with Gasteiger partial charge in [-0.15, -0.1) is 12.4 Å². The standard InChI is InChI=1S/C12H22N2.ClH/c1-12(2,3)10-14-8-6-11(7-9-14)13(4)5;/h6-8H,9-10H2,1-5H3;1H. The molecule has 0 N–H and O–H groups in total. The van der Waals surface area contributed by atoms with Gasteiger partial charge in [0.2, 0.25) is 0 Å². The minimum Gasteiger partial charge on any atom is -0.378 e. The van der Waals surface area contributed by atoms with Crippen LogP contribution in [-0.2, 0) is 0 Å². The molecule has 15 heavy (non-hydrogen) atoms. The van der Waals surface area contributed by atoms with Crippen LogP contribution < -0.4 is 0 Å². The molecule has 0 aromatic rings. The molecule has 2 nitrogen and oxygen atoms in total. The first-order valence-corrected chi connectivity index (χ1v) is 5.18. The lowest BCUT2D eigenvalue weighted by Crippen LogP contribution is -2.31. The first kappa shape index (κ1) is 14.4. The Labute approximate surface area is 100 Å². The molecule has 0 saturated carbocycles. The number of allylic oxidation sites excluding steroid dienone is 1. The Bertz CT molecular complexity index is 249. The van der Waals surface area contributed by atoms with Gasteiger partial charge in [0.05, 0.1) is 0 Å². The molecule has 0 bridgehead atoms. The minimum atomic E-state index is 0. The zero-order valence-corrected chi connectivity index (χ0v) is 11.3. The van der Waals surface area contributed by atoms with Gasteiger partial charge in [-0.05, 0) is 17.6 Å². The molecule has 0 saturated heterocycles. The average Bonchev–Trinajstić information content (AvgIpc) is 2.02. The van der Waals surface area contributed by atoms with Crippen LogP contribution in [0.3, 0.4) is 0 Å². The molecular weight excluding hydrogens is 208 g/mol. The molecule has 1 aliphatic rings. The molecule has 0 aromatic carbocycles. The second kappa shape index (κ2) is 5.45. The number of hydrogen-bond acceptors (Lipinski definition) is 2. The monoisotopic (exact) mass is 230 g/mol. The van der Waals surface area contributed by atoms with Crippen molar-refractivity contribution >= 4 is 12.4 Å². The summed E-state index contributed by atoms with van der Waals surface area (Å²) in [6.45, 7) is 8.95. The van der Waals surface area contributed by atoms with Crippen LogP contribution in [0.1, 0.15) is 20.8 Å². The van der Waals surface area contributed by atoms with E-state index in [1.807, 2.05) is 0 Å². The summed E-state index contributed by atoms with van der Waals surface area (Å²) in [6.07, 6.45) is 6.64. The van der Waals surface area contributed by atoms with E-state index in [2.05, 4.69) is 63.0 Å². The predicted molar refractivity (Wildman–Crippen MR) is 69.2 cm³/mol. The number of halogens is 1. The minimum absolute atomic E-state index is 0. The van der Waals surface area contributed by atoms with Gasteiger partial charge in [-0.3, -0.25) is 0 Å². The zero-order chi connectivity index (χ0) is 10.8. The molecule has 0 atom stereocenters. The summed E-state index contributed by atoms with van der Waals surface area (Å²) in [4.78, 5) is 4.50. The molecule has 0 unspecified atom stereocenters. The Hall–Kier alpha value is -0.630. The molecule has 0 aliphatic carbocycles. The summed E-state index contributed by atoms with van der Waals surface area (Å²) in [5.41, 5.74) is 1.67. The highest BCUT2D eigenvalue weighted by Gasteiger charge is 2.15. The molecule has 0 radical (unpaired) electrons. The van der Waals surface area contributed by atoms with Crippen molar-refractivity contribution in [3.8, 4) is 0 Å². The van der Waals surface area contributed by atoms with E-state index in [0.29, 0.717) is 5.41 Å². The fourth-order valence-electron chi connectivity index (χ4n) is 1.58. The summed E-state index contributed by atoms with van der Waals surface area (Å²) in [5, 5.41) is 0. The van der Waals surface area contributed by atoms with E-state index < -0.39 is 0 Å². The molecule has 0 spiro atoms. The van der Waals surface area contributed by atoms with Gasteiger partial charge >= 0.3 is 0 Å². The summed E-state index contributed by atoms with van der Waals surface area (Å²) in [7, 11) is 4.16. The number of rotatable bonds is 2. The van der Waals surface area contributed by atoms with Crippen LogP contribution >= 0.6 is 12.4 Å². The van der Waals surface area contributed by atoms with Crippen LogP contribution in [0.25, 0.3) is 0 Å². The van der Waals surface area contributed by atoms with E-state index in [1.54, 1.807) is 0 Å². The van der Waals surface area contributed by atoms with E-state index in [0.717, 1.165) is 13.1 Å². The third kappa shape index (κ3) is 5.12. The Morgan fingerprint density at radius 2 is 1.93 bits per heavy atom. The van der Waals surface area contributed by atoms with Crippen LogP contribution in [0, 0.1) is 5.41 Å². The predicted octanol–water partition coefficient (Wildman–Crippen LogP) is 2.73. The molecule has 0 fully saturated rings. The zero-order valence-electron chi connectivity index (χ0n) is 10.4. The average molecular weight is 231 g/mol. The van der Waals surface area contributed by atoms with Crippen LogP contribution in [0.2, 0.25) is 0 Å². The lowest BCUT2D eigenvalue weighted by Gasteiger charge is -2.31. The van der Waals surface area contributed by atoms with Crippen LogP contribution in [0.5, 0.6) is 0 Å². The van der Waals surface area contributed by atoms with E-state index >= 15 is 0 Å². The smallest absolute Gasteiger partial charge is 0.0377 e. The Balaban J connectivity index is 0.00000196. The van der Waals surface area contributed by atoms with E-state index in [-0.39, 0.29) is 12.4 Å². The quantitative estimate of drug-likeness (QED) is 0.720. The number of likely N-dealkylation sites (N-methyl/N-ethyl adjacent to an activating group) is 1. The normalized spacial score (nSPS) is 15.8.